The molecule has 0 spiro atoms. The molecule has 0 saturated carbocycles. The summed E-state index contributed by atoms with van der Waals surface area (Å²) in [6.07, 6.45) is 1.61. The molecule has 2 heterocycles. The van der Waals surface area contributed by atoms with Crippen molar-refractivity contribution in [1.29, 1.82) is 0 Å². The molecule has 0 unspecified atom stereocenters. The van der Waals surface area contributed by atoms with Gasteiger partial charge >= 0.3 is 6.01 Å². The molecule has 0 fully saturated rings. The van der Waals surface area contributed by atoms with E-state index >= 15 is 0 Å². The third kappa shape index (κ3) is 3.14. The predicted octanol–water partition coefficient (Wildman–Crippen LogP) is 2.46. The summed E-state index contributed by atoms with van der Waals surface area (Å²) in [7, 11) is 3.01. The van der Waals surface area contributed by atoms with Gasteiger partial charge in [-0.25, -0.2) is 0 Å². The minimum Gasteiger partial charge on any atom is -0.497 e. The van der Waals surface area contributed by atoms with Crippen LogP contribution in [0.4, 0.5) is 6.01 Å². The number of amides is 1. The second-order valence-electron chi connectivity index (χ2n) is 4.30. The van der Waals surface area contributed by atoms with Crippen LogP contribution in [0.15, 0.2) is 34.3 Å². The first-order chi connectivity index (χ1) is 11.2. The monoisotopic (exact) mass is 332 g/mol. The van der Waals surface area contributed by atoms with Crippen molar-refractivity contribution in [3.05, 3.63) is 35.5 Å². The van der Waals surface area contributed by atoms with Gasteiger partial charge in [0.15, 0.2) is 0 Å². The highest BCUT2D eigenvalue weighted by Gasteiger charge is 2.17. The number of nitrogens with one attached hydrogen (secondary N) is 1. The molecule has 9 heteroatoms. The number of ether oxygens (including phenoxy) is 2. The van der Waals surface area contributed by atoms with Gasteiger partial charge < -0.3 is 13.9 Å². The molecule has 0 aliphatic heterocycles. The highest BCUT2D eigenvalue weighted by Crippen LogP contribution is 2.26. The number of hydrogen-bond acceptors (Lipinski definition) is 8. The molecule has 2 aromatic heterocycles. The zero-order valence-electron chi connectivity index (χ0n) is 12.3. The number of hydrogen-bond donors (Lipinski definition) is 1. The molecule has 3 aromatic rings. The van der Waals surface area contributed by atoms with Crippen molar-refractivity contribution < 1.29 is 18.7 Å². The number of nitrogens with zero attached hydrogens (tertiary/aromatic N) is 3. The fraction of sp³-hybridized carbons (Fsp3) is 0.143. The number of carbonyl (C=O) groups is 1. The molecule has 0 aliphatic carbocycles. The van der Waals surface area contributed by atoms with Crippen molar-refractivity contribution in [2.24, 2.45) is 0 Å². The maximum atomic E-state index is 12.3. The summed E-state index contributed by atoms with van der Waals surface area (Å²) >= 11 is 1.36. The molecule has 8 nitrogen and oxygen atoms in total. The fourth-order valence-electron chi connectivity index (χ4n) is 1.85. The lowest BCUT2D eigenvalue weighted by Crippen LogP contribution is -2.13. The van der Waals surface area contributed by atoms with Gasteiger partial charge in [0.05, 0.1) is 31.5 Å². The maximum Gasteiger partial charge on any atom is 0.322 e. The summed E-state index contributed by atoms with van der Waals surface area (Å²) in [5, 5.41) is 10.2. The summed E-state index contributed by atoms with van der Waals surface area (Å²) in [6.45, 7) is 0. The van der Waals surface area contributed by atoms with E-state index in [0.29, 0.717) is 23.0 Å². The first-order valence-electron chi connectivity index (χ1n) is 6.47. The van der Waals surface area contributed by atoms with E-state index in [1.165, 1.54) is 25.6 Å². The number of carbonyl (C=O) groups excluding carboxylic acids is 1. The summed E-state index contributed by atoms with van der Waals surface area (Å²) in [5.74, 6) is 0.834. The molecule has 0 saturated heterocycles. The number of aromatic nitrogens is 3. The Morgan fingerprint density at radius 2 is 2.13 bits per heavy atom. The molecule has 1 N–H and O–H groups in total. The van der Waals surface area contributed by atoms with Crippen LogP contribution < -0.4 is 14.8 Å². The van der Waals surface area contributed by atoms with Crippen LogP contribution in [0.1, 0.15) is 10.4 Å². The fourth-order valence-corrected chi connectivity index (χ4v) is 2.39. The molecular formula is C14H12N4O4S. The lowest BCUT2D eigenvalue weighted by Gasteiger charge is -2.09. The third-order valence-corrected chi connectivity index (χ3v) is 3.70. The molecule has 118 valence electrons. The average molecular weight is 332 g/mol. The van der Waals surface area contributed by atoms with Gasteiger partial charge in [0.1, 0.15) is 16.4 Å². The standard InChI is InChI=1S/C14H12N4O4S/c1-20-8-3-4-9(10(5-8)21-2)12(19)16-14-18-17-13(22-14)11-6-15-7-23-11/h3-7H,1-2H3,(H,16,18,19). The Morgan fingerprint density at radius 3 is 2.83 bits per heavy atom. The van der Waals surface area contributed by atoms with E-state index in [2.05, 4.69) is 20.5 Å². The van der Waals surface area contributed by atoms with Crippen LogP contribution in [0.2, 0.25) is 0 Å². The van der Waals surface area contributed by atoms with Crippen molar-refractivity contribution in [2.75, 3.05) is 19.5 Å². The zero-order chi connectivity index (χ0) is 16.2. The van der Waals surface area contributed by atoms with E-state index in [0.717, 1.165) is 4.88 Å². The topological polar surface area (TPSA) is 99.4 Å². The first kappa shape index (κ1) is 15.0. The number of thiazole rings is 1. The van der Waals surface area contributed by atoms with Crippen LogP contribution in [0.5, 0.6) is 11.5 Å². The largest absolute Gasteiger partial charge is 0.497 e. The van der Waals surface area contributed by atoms with Crippen LogP contribution in [-0.2, 0) is 0 Å². The van der Waals surface area contributed by atoms with Gasteiger partial charge in [-0.1, -0.05) is 5.10 Å². The van der Waals surface area contributed by atoms with Crippen molar-refractivity contribution in [3.8, 4) is 22.3 Å². The van der Waals surface area contributed by atoms with Crippen LogP contribution in [-0.4, -0.2) is 35.3 Å². The van der Waals surface area contributed by atoms with Crippen molar-refractivity contribution in [1.82, 2.24) is 15.2 Å². The van der Waals surface area contributed by atoms with Crippen molar-refractivity contribution in [2.45, 2.75) is 0 Å². The lowest BCUT2D eigenvalue weighted by atomic mass is 10.2. The summed E-state index contributed by atoms with van der Waals surface area (Å²) in [5.41, 5.74) is 1.98. The molecule has 1 aromatic carbocycles. The number of rotatable bonds is 5. The number of benzene rings is 1. The summed E-state index contributed by atoms with van der Waals surface area (Å²) in [6, 6.07) is 4.86. The second kappa shape index (κ2) is 6.44. The van der Waals surface area contributed by atoms with Gasteiger partial charge in [0.25, 0.3) is 11.8 Å². The molecular weight excluding hydrogens is 320 g/mol. The molecule has 1 amide bonds. The lowest BCUT2D eigenvalue weighted by molar-refractivity contribution is 0.102. The molecule has 0 atom stereocenters. The van der Waals surface area contributed by atoms with Crippen molar-refractivity contribution >= 4 is 23.3 Å². The van der Waals surface area contributed by atoms with Crippen LogP contribution in [0, 0.1) is 0 Å². The zero-order valence-corrected chi connectivity index (χ0v) is 13.1. The van der Waals surface area contributed by atoms with Gasteiger partial charge in [0.2, 0.25) is 0 Å². The highest BCUT2D eigenvalue weighted by atomic mass is 32.1. The number of anilines is 1. The Hall–Kier alpha value is -2.94. The Labute approximate surface area is 135 Å². The maximum absolute atomic E-state index is 12.3. The van der Waals surface area contributed by atoms with Crippen LogP contribution in [0.3, 0.4) is 0 Å². The van der Waals surface area contributed by atoms with E-state index in [1.54, 1.807) is 29.9 Å². The van der Waals surface area contributed by atoms with E-state index in [4.69, 9.17) is 13.9 Å². The molecule has 23 heavy (non-hydrogen) atoms. The highest BCUT2D eigenvalue weighted by molar-refractivity contribution is 7.13. The molecule has 0 bridgehead atoms. The van der Waals surface area contributed by atoms with Crippen molar-refractivity contribution in [3.63, 3.8) is 0 Å². The Kier molecular flexibility index (Phi) is 4.20. The SMILES string of the molecule is COc1ccc(C(=O)Nc2nnc(-c3cncs3)o2)c(OC)c1. The Bertz CT molecular complexity index is 816. The third-order valence-electron chi connectivity index (χ3n) is 2.94. The van der Waals surface area contributed by atoms with E-state index in [1.807, 2.05) is 0 Å². The quantitative estimate of drug-likeness (QED) is 0.766. The van der Waals surface area contributed by atoms with Gasteiger partial charge in [-0.15, -0.1) is 16.4 Å². The minimum absolute atomic E-state index is 0.00345. The van der Waals surface area contributed by atoms with Gasteiger partial charge in [-0.3, -0.25) is 15.1 Å². The van der Waals surface area contributed by atoms with E-state index < -0.39 is 5.91 Å². The van der Waals surface area contributed by atoms with Gasteiger partial charge in [-0.05, 0) is 12.1 Å². The summed E-state index contributed by atoms with van der Waals surface area (Å²) < 4.78 is 15.7. The Morgan fingerprint density at radius 1 is 1.26 bits per heavy atom. The minimum atomic E-state index is -0.427. The van der Waals surface area contributed by atoms with Gasteiger partial charge in [0, 0.05) is 6.07 Å². The Balaban J connectivity index is 1.79. The molecule has 0 aliphatic rings. The van der Waals surface area contributed by atoms with Crippen LogP contribution >= 0.6 is 11.3 Å². The summed E-state index contributed by atoms with van der Waals surface area (Å²) in [4.78, 5) is 17.0. The van der Waals surface area contributed by atoms with E-state index in [-0.39, 0.29) is 6.01 Å². The average Bonchev–Trinajstić information content (AvgIpc) is 3.25. The van der Waals surface area contributed by atoms with Gasteiger partial charge in [-0.2, -0.15) is 0 Å². The normalized spacial score (nSPS) is 10.3. The molecule has 0 radical (unpaired) electrons. The smallest absolute Gasteiger partial charge is 0.322 e. The number of methoxy groups -OCH3 is 2. The van der Waals surface area contributed by atoms with Crippen LogP contribution in [0.25, 0.3) is 10.8 Å². The first-order valence-corrected chi connectivity index (χ1v) is 7.35. The molecule has 3 rings (SSSR count). The van der Waals surface area contributed by atoms with E-state index in [9.17, 15) is 4.79 Å². The predicted molar refractivity (Wildman–Crippen MR) is 82.9 cm³/mol. The second-order valence-corrected chi connectivity index (χ2v) is 5.18.